The van der Waals surface area contributed by atoms with Crippen LogP contribution in [0, 0.1) is 11.3 Å². The molecule has 0 aromatic heterocycles. The summed E-state index contributed by atoms with van der Waals surface area (Å²) in [6.07, 6.45) is 8.19. The van der Waals surface area contributed by atoms with Crippen molar-refractivity contribution in [1.82, 2.24) is 5.32 Å². The van der Waals surface area contributed by atoms with Crippen molar-refractivity contribution < 1.29 is 4.79 Å². The normalized spacial score (nSPS) is 18.1. The second kappa shape index (κ2) is 6.08. The molecule has 1 aliphatic carbocycles. The van der Waals surface area contributed by atoms with E-state index in [1.165, 1.54) is 25.7 Å². The first-order chi connectivity index (χ1) is 8.18. The molecule has 0 bridgehead atoms. The first-order valence-electron chi connectivity index (χ1n) is 7.49. The molecular formula is C16H31NO. The van der Waals surface area contributed by atoms with Crippen molar-refractivity contribution >= 4 is 5.91 Å². The van der Waals surface area contributed by atoms with Gasteiger partial charge in [0.05, 0.1) is 0 Å². The van der Waals surface area contributed by atoms with E-state index in [4.69, 9.17) is 0 Å². The Bertz CT molecular complexity index is 269. The first-order valence-corrected chi connectivity index (χ1v) is 7.49. The van der Waals surface area contributed by atoms with Gasteiger partial charge in [-0.25, -0.2) is 0 Å². The molecule has 106 valence electrons. The summed E-state index contributed by atoms with van der Waals surface area (Å²) in [6, 6.07) is 0. The van der Waals surface area contributed by atoms with Crippen molar-refractivity contribution in [1.29, 1.82) is 0 Å². The first kappa shape index (κ1) is 15.5. The lowest BCUT2D eigenvalue weighted by atomic mass is 9.81. The van der Waals surface area contributed by atoms with E-state index in [0.29, 0.717) is 6.42 Å². The Morgan fingerprint density at radius 3 is 2.17 bits per heavy atom. The molecule has 0 atom stereocenters. The number of carbonyl (C=O) groups is 1. The van der Waals surface area contributed by atoms with Crippen molar-refractivity contribution in [3.63, 3.8) is 0 Å². The fourth-order valence-corrected chi connectivity index (χ4v) is 3.44. The van der Waals surface area contributed by atoms with E-state index in [0.717, 1.165) is 18.8 Å². The Kier molecular flexibility index (Phi) is 5.24. The molecule has 0 aromatic rings. The molecule has 0 heterocycles. The number of nitrogens with one attached hydrogen (secondary N) is 1. The van der Waals surface area contributed by atoms with Crippen molar-refractivity contribution in [3.8, 4) is 0 Å². The number of hydrogen-bond donors (Lipinski definition) is 1. The highest BCUT2D eigenvalue weighted by Gasteiger charge is 2.27. The highest BCUT2D eigenvalue weighted by Crippen LogP contribution is 2.29. The van der Waals surface area contributed by atoms with Crippen LogP contribution in [0.5, 0.6) is 0 Å². The Morgan fingerprint density at radius 2 is 1.67 bits per heavy atom. The summed E-state index contributed by atoms with van der Waals surface area (Å²) in [5.74, 6) is 1.04. The lowest BCUT2D eigenvalue weighted by molar-refractivity contribution is -0.123. The van der Waals surface area contributed by atoms with Gasteiger partial charge in [0.2, 0.25) is 5.91 Å². The van der Waals surface area contributed by atoms with Crippen molar-refractivity contribution in [2.75, 3.05) is 0 Å². The lowest BCUT2D eigenvalue weighted by Crippen LogP contribution is -2.45. The van der Waals surface area contributed by atoms with Gasteiger partial charge in [-0.1, -0.05) is 46.5 Å². The van der Waals surface area contributed by atoms with E-state index in [1.54, 1.807) is 0 Å². The summed E-state index contributed by atoms with van der Waals surface area (Å²) < 4.78 is 0. The van der Waals surface area contributed by atoms with E-state index in [1.807, 2.05) is 0 Å². The Morgan fingerprint density at radius 1 is 1.11 bits per heavy atom. The smallest absolute Gasteiger partial charge is 0.220 e. The maximum Gasteiger partial charge on any atom is 0.220 e. The molecule has 0 aromatic carbocycles. The van der Waals surface area contributed by atoms with Crippen LogP contribution in [0.2, 0.25) is 0 Å². The summed E-state index contributed by atoms with van der Waals surface area (Å²) >= 11 is 0. The second-order valence-electron chi connectivity index (χ2n) is 7.86. The van der Waals surface area contributed by atoms with Gasteiger partial charge in [-0.2, -0.15) is 0 Å². The number of hydrogen-bond acceptors (Lipinski definition) is 1. The predicted octanol–water partition coefficient (Wildman–Crippen LogP) is 4.29. The van der Waals surface area contributed by atoms with Crippen LogP contribution in [0.25, 0.3) is 0 Å². The number of carbonyl (C=O) groups excluding carboxylic acids is 1. The summed E-state index contributed by atoms with van der Waals surface area (Å²) in [5.41, 5.74) is 0.160. The van der Waals surface area contributed by atoms with Gasteiger partial charge in [0.25, 0.3) is 0 Å². The van der Waals surface area contributed by atoms with E-state index < -0.39 is 0 Å². The van der Waals surface area contributed by atoms with Crippen LogP contribution in [0.1, 0.15) is 79.6 Å². The minimum absolute atomic E-state index is 0.0923. The molecule has 2 heteroatoms. The van der Waals surface area contributed by atoms with Gasteiger partial charge in [0.15, 0.2) is 0 Å². The van der Waals surface area contributed by atoms with Gasteiger partial charge < -0.3 is 5.32 Å². The van der Waals surface area contributed by atoms with E-state index in [-0.39, 0.29) is 16.9 Å². The molecule has 2 nitrogen and oxygen atoms in total. The quantitative estimate of drug-likeness (QED) is 0.778. The average Bonchev–Trinajstić information content (AvgIpc) is 2.61. The largest absolute Gasteiger partial charge is 0.351 e. The van der Waals surface area contributed by atoms with Crippen molar-refractivity contribution in [3.05, 3.63) is 0 Å². The Labute approximate surface area is 113 Å². The minimum atomic E-state index is -0.0923. The van der Waals surface area contributed by atoms with Crippen LogP contribution in [0.4, 0.5) is 0 Å². The zero-order valence-electron chi connectivity index (χ0n) is 12.9. The molecule has 1 amide bonds. The third kappa shape index (κ3) is 6.42. The molecule has 0 aliphatic heterocycles. The predicted molar refractivity (Wildman–Crippen MR) is 77.5 cm³/mol. The summed E-state index contributed by atoms with van der Waals surface area (Å²) in [5, 5.41) is 3.20. The van der Waals surface area contributed by atoms with Crippen LogP contribution in [-0.4, -0.2) is 11.4 Å². The summed E-state index contributed by atoms with van der Waals surface area (Å²) in [7, 11) is 0. The van der Waals surface area contributed by atoms with Crippen molar-refractivity contribution in [2.45, 2.75) is 85.1 Å². The summed E-state index contributed by atoms with van der Waals surface area (Å²) in [4.78, 5) is 12.0. The SMILES string of the molecule is CC(C)(C)CC(C)(C)NC(=O)CCC1CCCC1. The highest BCUT2D eigenvalue weighted by atomic mass is 16.1. The minimum Gasteiger partial charge on any atom is -0.351 e. The molecular weight excluding hydrogens is 222 g/mol. The molecule has 18 heavy (non-hydrogen) atoms. The molecule has 0 radical (unpaired) electrons. The van der Waals surface area contributed by atoms with Gasteiger partial charge >= 0.3 is 0 Å². The third-order valence-corrected chi connectivity index (χ3v) is 3.70. The van der Waals surface area contributed by atoms with Gasteiger partial charge in [0.1, 0.15) is 0 Å². The molecule has 1 aliphatic rings. The molecule has 1 rings (SSSR count). The van der Waals surface area contributed by atoms with Gasteiger partial charge in [-0.15, -0.1) is 0 Å². The van der Waals surface area contributed by atoms with Gasteiger partial charge in [-0.3, -0.25) is 4.79 Å². The highest BCUT2D eigenvalue weighted by molar-refractivity contribution is 5.76. The number of rotatable bonds is 5. The fourth-order valence-electron chi connectivity index (χ4n) is 3.44. The molecule has 0 spiro atoms. The average molecular weight is 253 g/mol. The van der Waals surface area contributed by atoms with E-state index >= 15 is 0 Å². The Hall–Kier alpha value is -0.530. The van der Waals surface area contributed by atoms with E-state index in [2.05, 4.69) is 39.9 Å². The molecule has 0 unspecified atom stereocenters. The zero-order valence-corrected chi connectivity index (χ0v) is 12.9. The number of amides is 1. The molecule has 1 fully saturated rings. The topological polar surface area (TPSA) is 29.1 Å². The molecule has 0 saturated heterocycles. The maximum atomic E-state index is 12.0. The molecule has 1 saturated carbocycles. The van der Waals surface area contributed by atoms with E-state index in [9.17, 15) is 4.79 Å². The Balaban J connectivity index is 2.29. The van der Waals surface area contributed by atoms with Crippen LogP contribution in [0.15, 0.2) is 0 Å². The van der Waals surface area contributed by atoms with Gasteiger partial charge in [-0.05, 0) is 38.0 Å². The maximum absolute atomic E-state index is 12.0. The lowest BCUT2D eigenvalue weighted by Gasteiger charge is -2.33. The van der Waals surface area contributed by atoms with Crippen molar-refractivity contribution in [2.24, 2.45) is 11.3 Å². The standard InChI is InChI=1S/C16H31NO/c1-15(2,3)12-16(4,5)17-14(18)11-10-13-8-6-7-9-13/h13H,6-12H2,1-5H3,(H,17,18). The third-order valence-electron chi connectivity index (χ3n) is 3.70. The fraction of sp³-hybridized carbons (Fsp3) is 0.938. The van der Waals surface area contributed by atoms with Crippen LogP contribution < -0.4 is 5.32 Å². The second-order valence-corrected chi connectivity index (χ2v) is 7.86. The molecule has 1 N–H and O–H groups in total. The summed E-state index contributed by atoms with van der Waals surface area (Å²) in [6.45, 7) is 10.9. The zero-order chi connectivity index (χ0) is 13.8. The van der Waals surface area contributed by atoms with Crippen LogP contribution >= 0.6 is 0 Å². The van der Waals surface area contributed by atoms with Crippen LogP contribution in [-0.2, 0) is 4.79 Å². The monoisotopic (exact) mass is 253 g/mol. The van der Waals surface area contributed by atoms with Gasteiger partial charge in [0, 0.05) is 12.0 Å². The van der Waals surface area contributed by atoms with Crippen LogP contribution in [0.3, 0.4) is 0 Å².